The average Bonchev–Trinajstić information content (AvgIpc) is 2.82. The Kier molecular flexibility index (Phi) is 6.45. The van der Waals surface area contributed by atoms with Gasteiger partial charge in [-0.1, -0.05) is 55.1 Å². The standard InChI is InChI=1S/C27H22F4O/c1-2-16-32-23-15-14-22(26(30)27(23)31)19-10-8-18(9-11-19)21-13-12-20(24(28)25(21)29)17-6-4-3-5-7-17/h2,6,8-15H,1,3-5,7,16H2. The lowest BCUT2D eigenvalue weighted by atomic mass is 9.91. The van der Waals surface area contributed by atoms with Gasteiger partial charge in [0.2, 0.25) is 5.82 Å². The molecule has 1 aliphatic carbocycles. The lowest BCUT2D eigenvalue weighted by Gasteiger charge is -2.15. The number of hydrogen-bond donors (Lipinski definition) is 0. The molecule has 0 bridgehead atoms. The van der Waals surface area contributed by atoms with Crippen molar-refractivity contribution in [2.24, 2.45) is 0 Å². The van der Waals surface area contributed by atoms with E-state index in [1.54, 1.807) is 36.4 Å². The SMILES string of the molecule is C=CCOc1ccc(-c2ccc(-c3ccc(C4=CCCCC4)c(F)c3F)cc2)c(F)c1F. The molecule has 0 spiro atoms. The monoisotopic (exact) mass is 438 g/mol. The fourth-order valence-corrected chi connectivity index (χ4v) is 3.95. The Morgan fingerprint density at radius 3 is 1.88 bits per heavy atom. The highest BCUT2D eigenvalue weighted by atomic mass is 19.2. The summed E-state index contributed by atoms with van der Waals surface area (Å²) in [5, 5.41) is 0. The number of ether oxygens (including phenoxy) is 1. The van der Waals surface area contributed by atoms with E-state index in [9.17, 15) is 17.6 Å². The van der Waals surface area contributed by atoms with E-state index in [0.717, 1.165) is 31.3 Å². The summed E-state index contributed by atoms with van der Waals surface area (Å²) in [4.78, 5) is 0. The van der Waals surface area contributed by atoms with Crippen LogP contribution in [0.2, 0.25) is 0 Å². The second-order valence-corrected chi connectivity index (χ2v) is 7.68. The third kappa shape index (κ3) is 4.20. The molecule has 0 atom stereocenters. The fraction of sp³-hybridized carbons (Fsp3) is 0.185. The Balaban J connectivity index is 1.63. The van der Waals surface area contributed by atoms with Gasteiger partial charge in [-0.15, -0.1) is 0 Å². The Hall–Kier alpha value is -3.34. The lowest BCUT2D eigenvalue weighted by molar-refractivity contribution is 0.333. The topological polar surface area (TPSA) is 9.23 Å². The van der Waals surface area contributed by atoms with Gasteiger partial charge in [-0.05, 0) is 54.5 Å². The van der Waals surface area contributed by atoms with Crippen LogP contribution in [0.1, 0.15) is 31.2 Å². The van der Waals surface area contributed by atoms with E-state index < -0.39 is 23.3 Å². The van der Waals surface area contributed by atoms with Crippen molar-refractivity contribution in [1.29, 1.82) is 0 Å². The first-order valence-corrected chi connectivity index (χ1v) is 10.5. The first kappa shape index (κ1) is 21.9. The Morgan fingerprint density at radius 2 is 1.28 bits per heavy atom. The van der Waals surface area contributed by atoms with Gasteiger partial charge in [0.1, 0.15) is 6.61 Å². The largest absolute Gasteiger partial charge is 0.486 e. The zero-order chi connectivity index (χ0) is 22.7. The second kappa shape index (κ2) is 9.43. The number of rotatable bonds is 6. The predicted octanol–water partition coefficient (Wildman–Crippen LogP) is 8.10. The van der Waals surface area contributed by atoms with Gasteiger partial charge in [0.05, 0.1) is 0 Å². The molecule has 0 aromatic heterocycles. The van der Waals surface area contributed by atoms with E-state index in [1.165, 1.54) is 18.2 Å². The highest BCUT2D eigenvalue weighted by molar-refractivity contribution is 5.74. The quantitative estimate of drug-likeness (QED) is 0.279. The molecule has 4 rings (SSSR count). The van der Waals surface area contributed by atoms with Crippen molar-refractivity contribution in [3.8, 4) is 28.0 Å². The van der Waals surface area contributed by atoms with E-state index in [0.29, 0.717) is 16.7 Å². The molecule has 0 saturated heterocycles. The molecule has 164 valence electrons. The van der Waals surface area contributed by atoms with Gasteiger partial charge in [0.15, 0.2) is 23.2 Å². The number of hydrogen-bond acceptors (Lipinski definition) is 1. The number of benzene rings is 3. The molecule has 0 fully saturated rings. The highest BCUT2D eigenvalue weighted by Gasteiger charge is 2.19. The van der Waals surface area contributed by atoms with Crippen LogP contribution in [0.4, 0.5) is 17.6 Å². The van der Waals surface area contributed by atoms with Gasteiger partial charge in [-0.25, -0.2) is 13.2 Å². The maximum Gasteiger partial charge on any atom is 0.201 e. The molecule has 0 N–H and O–H groups in total. The minimum absolute atomic E-state index is 0.0474. The van der Waals surface area contributed by atoms with Gasteiger partial charge >= 0.3 is 0 Å². The van der Waals surface area contributed by atoms with Crippen LogP contribution in [0.5, 0.6) is 5.75 Å². The molecule has 0 saturated carbocycles. The van der Waals surface area contributed by atoms with Crippen molar-refractivity contribution in [1.82, 2.24) is 0 Å². The molecule has 5 heteroatoms. The van der Waals surface area contributed by atoms with E-state index in [-0.39, 0.29) is 23.5 Å². The zero-order valence-electron chi connectivity index (χ0n) is 17.4. The normalized spacial score (nSPS) is 13.6. The Labute approximate surface area is 184 Å². The molecule has 32 heavy (non-hydrogen) atoms. The molecule has 3 aromatic rings. The minimum atomic E-state index is -1.09. The van der Waals surface area contributed by atoms with Gasteiger partial charge in [-0.2, -0.15) is 4.39 Å². The van der Waals surface area contributed by atoms with E-state index in [4.69, 9.17) is 4.74 Å². The summed E-state index contributed by atoms with van der Waals surface area (Å²) < 4.78 is 63.5. The molecule has 0 amide bonds. The van der Waals surface area contributed by atoms with Crippen LogP contribution in [0.25, 0.3) is 27.8 Å². The molecule has 0 aliphatic heterocycles. The van der Waals surface area contributed by atoms with Crippen molar-refractivity contribution in [2.75, 3.05) is 6.61 Å². The molecule has 0 heterocycles. The maximum absolute atomic E-state index is 14.9. The third-order valence-corrected chi connectivity index (χ3v) is 5.63. The van der Waals surface area contributed by atoms with Gasteiger partial charge in [-0.3, -0.25) is 0 Å². The summed E-state index contributed by atoms with van der Waals surface area (Å²) in [7, 11) is 0. The smallest absolute Gasteiger partial charge is 0.201 e. The highest BCUT2D eigenvalue weighted by Crippen LogP contribution is 2.35. The Bertz CT molecular complexity index is 1180. The summed E-state index contributed by atoms with van der Waals surface area (Å²) in [5.74, 6) is -4.10. The zero-order valence-corrected chi connectivity index (χ0v) is 17.4. The summed E-state index contributed by atoms with van der Waals surface area (Å²) >= 11 is 0. The lowest BCUT2D eigenvalue weighted by Crippen LogP contribution is -2.00. The molecule has 0 unspecified atom stereocenters. The van der Waals surface area contributed by atoms with Crippen LogP contribution < -0.4 is 4.74 Å². The molecule has 0 radical (unpaired) electrons. The van der Waals surface area contributed by atoms with E-state index in [1.807, 2.05) is 6.08 Å². The summed E-state index contributed by atoms with van der Waals surface area (Å²) in [6.07, 6.45) is 7.05. The fourth-order valence-electron chi connectivity index (χ4n) is 3.95. The van der Waals surface area contributed by atoms with Crippen LogP contribution >= 0.6 is 0 Å². The second-order valence-electron chi connectivity index (χ2n) is 7.68. The summed E-state index contributed by atoms with van der Waals surface area (Å²) in [6, 6.07) is 12.1. The molecular formula is C27H22F4O. The van der Waals surface area contributed by atoms with E-state index >= 15 is 0 Å². The van der Waals surface area contributed by atoms with Crippen LogP contribution in [0.3, 0.4) is 0 Å². The Morgan fingerprint density at radius 1 is 0.719 bits per heavy atom. The van der Waals surface area contributed by atoms with Gasteiger partial charge in [0, 0.05) is 16.7 Å². The van der Waals surface area contributed by atoms with Crippen LogP contribution in [-0.2, 0) is 0 Å². The van der Waals surface area contributed by atoms with Crippen molar-refractivity contribution in [2.45, 2.75) is 25.7 Å². The summed E-state index contributed by atoms with van der Waals surface area (Å²) in [5.41, 5.74) is 2.16. The number of halogens is 4. The third-order valence-electron chi connectivity index (χ3n) is 5.63. The van der Waals surface area contributed by atoms with Gasteiger partial charge < -0.3 is 4.74 Å². The summed E-state index contributed by atoms with van der Waals surface area (Å²) in [6.45, 7) is 3.53. The molecular weight excluding hydrogens is 416 g/mol. The van der Waals surface area contributed by atoms with Crippen LogP contribution in [0.15, 0.2) is 67.3 Å². The molecule has 3 aromatic carbocycles. The molecule has 1 nitrogen and oxygen atoms in total. The van der Waals surface area contributed by atoms with Crippen molar-refractivity contribution < 1.29 is 22.3 Å². The first-order valence-electron chi connectivity index (χ1n) is 10.5. The molecule has 1 aliphatic rings. The minimum Gasteiger partial charge on any atom is -0.486 e. The van der Waals surface area contributed by atoms with Crippen LogP contribution in [0, 0.1) is 23.3 Å². The van der Waals surface area contributed by atoms with Crippen molar-refractivity contribution >= 4 is 5.57 Å². The van der Waals surface area contributed by atoms with Crippen LogP contribution in [-0.4, -0.2) is 6.61 Å². The van der Waals surface area contributed by atoms with Crippen molar-refractivity contribution in [3.63, 3.8) is 0 Å². The first-order chi connectivity index (χ1) is 15.5. The van der Waals surface area contributed by atoms with Gasteiger partial charge in [0.25, 0.3) is 0 Å². The maximum atomic E-state index is 14.9. The predicted molar refractivity (Wildman–Crippen MR) is 119 cm³/mol. The average molecular weight is 438 g/mol. The number of allylic oxidation sites excluding steroid dienone is 2. The van der Waals surface area contributed by atoms with E-state index in [2.05, 4.69) is 6.58 Å². The van der Waals surface area contributed by atoms with Crippen molar-refractivity contribution in [3.05, 3.63) is 96.1 Å².